The van der Waals surface area contributed by atoms with Gasteiger partial charge in [0, 0.05) is 23.2 Å². The molecule has 1 aliphatic rings. The fraction of sp³-hybridized carbons (Fsp3) is 0.625. The number of benzene rings is 1. The lowest BCUT2D eigenvalue weighted by Gasteiger charge is -2.34. The summed E-state index contributed by atoms with van der Waals surface area (Å²) in [5, 5.41) is 4.41. The zero-order valence-electron chi connectivity index (χ0n) is 12.1. The maximum absolute atomic E-state index is 6.05. The summed E-state index contributed by atoms with van der Waals surface area (Å²) in [7, 11) is 1.70. The minimum Gasteiger partial charge on any atom is -0.496 e. The Hall–Kier alpha value is -0.730. The molecule has 0 saturated heterocycles. The standard InChI is InChI=1S/C16H24ClNO/c1-16(2)8-6-14(7-9-16)18-11-12-10-13(17)4-5-15(12)19-3/h4-5,10,14,18H,6-9,11H2,1-3H3. The van der Waals surface area contributed by atoms with E-state index in [2.05, 4.69) is 19.2 Å². The van der Waals surface area contributed by atoms with E-state index in [0.717, 1.165) is 22.9 Å². The van der Waals surface area contributed by atoms with Crippen LogP contribution in [-0.2, 0) is 6.54 Å². The summed E-state index contributed by atoms with van der Waals surface area (Å²) in [6.45, 7) is 5.56. The minimum atomic E-state index is 0.520. The molecular formula is C16H24ClNO. The number of nitrogens with one attached hydrogen (secondary N) is 1. The molecule has 0 aliphatic heterocycles. The first-order valence-corrected chi connectivity index (χ1v) is 7.44. The van der Waals surface area contributed by atoms with Gasteiger partial charge in [-0.2, -0.15) is 0 Å². The number of halogens is 1. The lowest BCUT2D eigenvalue weighted by Crippen LogP contribution is -2.35. The maximum Gasteiger partial charge on any atom is 0.123 e. The molecule has 0 atom stereocenters. The normalized spacial score (nSPS) is 19.4. The van der Waals surface area contributed by atoms with E-state index in [9.17, 15) is 0 Å². The lowest BCUT2D eigenvalue weighted by atomic mass is 9.75. The first-order chi connectivity index (χ1) is 9.00. The molecule has 19 heavy (non-hydrogen) atoms. The zero-order valence-corrected chi connectivity index (χ0v) is 12.9. The number of rotatable bonds is 4. The molecule has 1 saturated carbocycles. The summed E-state index contributed by atoms with van der Waals surface area (Å²) >= 11 is 6.05. The molecule has 0 spiro atoms. The van der Waals surface area contributed by atoms with Gasteiger partial charge in [-0.3, -0.25) is 0 Å². The summed E-state index contributed by atoms with van der Waals surface area (Å²) in [6, 6.07) is 6.41. The van der Waals surface area contributed by atoms with Crippen molar-refractivity contribution in [2.75, 3.05) is 7.11 Å². The van der Waals surface area contributed by atoms with Gasteiger partial charge in [0.25, 0.3) is 0 Å². The van der Waals surface area contributed by atoms with Crippen LogP contribution in [0.15, 0.2) is 18.2 Å². The van der Waals surface area contributed by atoms with Crippen LogP contribution >= 0.6 is 11.6 Å². The van der Waals surface area contributed by atoms with Gasteiger partial charge in [0.05, 0.1) is 7.11 Å². The molecule has 0 aromatic heterocycles. The van der Waals surface area contributed by atoms with Crippen LogP contribution in [0.5, 0.6) is 5.75 Å². The Bertz CT molecular complexity index is 421. The highest BCUT2D eigenvalue weighted by Gasteiger charge is 2.26. The average Bonchev–Trinajstić information content (AvgIpc) is 2.38. The summed E-state index contributed by atoms with van der Waals surface area (Å²) in [5.41, 5.74) is 1.66. The quantitative estimate of drug-likeness (QED) is 0.883. The SMILES string of the molecule is COc1ccc(Cl)cc1CNC1CCC(C)(C)CC1. The average molecular weight is 282 g/mol. The van der Waals surface area contributed by atoms with Crippen LogP contribution < -0.4 is 10.1 Å². The highest BCUT2D eigenvalue weighted by atomic mass is 35.5. The monoisotopic (exact) mass is 281 g/mol. The fourth-order valence-electron chi connectivity index (χ4n) is 2.74. The van der Waals surface area contributed by atoms with Gasteiger partial charge in [-0.25, -0.2) is 0 Å². The molecule has 3 heteroatoms. The van der Waals surface area contributed by atoms with E-state index in [4.69, 9.17) is 16.3 Å². The third-order valence-electron chi connectivity index (χ3n) is 4.16. The molecule has 0 bridgehead atoms. The van der Waals surface area contributed by atoms with Gasteiger partial charge >= 0.3 is 0 Å². The minimum absolute atomic E-state index is 0.520. The van der Waals surface area contributed by atoms with Crippen molar-refractivity contribution >= 4 is 11.6 Å². The summed E-state index contributed by atoms with van der Waals surface area (Å²) in [4.78, 5) is 0. The van der Waals surface area contributed by atoms with Gasteiger partial charge in [-0.05, 0) is 49.3 Å². The van der Waals surface area contributed by atoms with Crippen molar-refractivity contribution in [3.63, 3.8) is 0 Å². The number of ether oxygens (including phenoxy) is 1. The van der Waals surface area contributed by atoms with E-state index in [0.29, 0.717) is 11.5 Å². The second-order valence-electron chi connectivity index (χ2n) is 6.28. The van der Waals surface area contributed by atoms with Crippen molar-refractivity contribution in [3.05, 3.63) is 28.8 Å². The van der Waals surface area contributed by atoms with Crippen molar-refractivity contribution < 1.29 is 4.74 Å². The molecule has 1 N–H and O–H groups in total. The topological polar surface area (TPSA) is 21.3 Å². The summed E-state index contributed by atoms with van der Waals surface area (Å²) < 4.78 is 5.37. The van der Waals surface area contributed by atoms with E-state index in [-0.39, 0.29) is 0 Å². The van der Waals surface area contributed by atoms with Crippen molar-refractivity contribution in [1.29, 1.82) is 0 Å². The molecule has 106 valence electrons. The Morgan fingerprint density at radius 2 is 2.00 bits per heavy atom. The molecule has 1 aliphatic carbocycles. The second-order valence-corrected chi connectivity index (χ2v) is 6.71. The largest absolute Gasteiger partial charge is 0.496 e. The lowest BCUT2D eigenvalue weighted by molar-refractivity contribution is 0.205. The molecular weight excluding hydrogens is 258 g/mol. The van der Waals surface area contributed by atoms with Crippen molar-refractivity contribution in [2.45, 2.75) is 52.1 Å². The van der Waals surface area contributed by atoms with Crippen LogP contribution in [-0.4, -0.2) is 13.2 Å². The number of hydrogen-bond acceptors (Lipinski definition) is 2. The number of hydrogen-bond donors (Lipinski definition) is 1. The molecule has 0 unspecified atom stereocenters. The third kappa shape index (κ3) is 4.12. The molecule has 0 amide bonds. The van der Waals surface area contributed by atoms with Gasteiger partial charge in [0.2, 0.25) is 0 Å². The van der Waals surface area contributed by atoms with E-state index >= 15 is 0 Å². The summed E-state index contributed by atoms with van der Waals surface area (Å²) in [5.74, 6) is 0.910. The maximum atomic E-state index is 6.05. The smallest absolute Gasteiger partial charge is 0.123 e. The van der Waals surface area contributed by atoms with Crippen LogP contribution in [0.25, 0.3) is 0 Å². The Morgan fingerprint density at radius 1 is 1.32 bits per heavy atom. The Labute approximate surface area is 121 Å². The Balaban J connectivity index is 1.91. The second kappa shape index (κ2) is 6.15. The highest BCUT2D eigenvalue weighted by Crippen LogP contribution is 2.35. The van der Waals surface area contributed by atoms with Crippen LogP contribution in [0.2, 0.25) is 5.02 Å². The number of methoxy groups -OCH3 is 1. The molecule has 2 rings (SSSR count). The van der Waals surface area contributed by atoms with Gasteiger partial charge in [-0.15, -0.1) is 0 Å². The van der Waals surface area contributed by atoms with E-state index < -0.39 is 0 Å². The first-order valence-electron chi connectivity index (χ1n) is 7.06. The van der Waals surface area contributed by atoms with Crippen LogP contribution in [0.3, 0.4) is 0 Å². The molecule has 2 nitrogen and oxygen atoms in total. The molecule has 1 fully saturated rings. The van der Waals surface area contributed by atoms with Gasteiger partial charge in [-0.1, -0.05) is 25.4 Å². The molecule has 1 aromatic carbocycles. The van der Waals surface area contributed by atoms with Gasteiger partial charge in [0.1, 0.15) is 5.75 Å². The predicted octanol–water partition coefficient (Wildman–Crippen LogP) is 4.41. The van der Waals surface area contributed by atoms with Crippen molar-refractivity contribution in [1.82, 2.24) is 5.32 Å². The van der Waals surface area contributed by atoms with Crippen molar-refractivity contribution in [3.8, 4) is 5.75 Å². The first kappa shape index (κ1) is 14.7. The van der Waals surface area contributed by atoms with Crippen LogP contribution in [0.1, 0.15) is 45.1 Å². The van der Waals surface area contributed by atoms with Crippen molar-refractivity contribution in [2.24, 2.45) is 5.41 Å². The van der Waals surface area contributed by atoms with E-state index in [1.165, 1.54) is 25.7 Å². The van der Waals surface area contributed by atoms with Gasteiger partial charge < -0.3 is 10.1 Å². The van der Waals surface area contributed by atoms with E-state index in [1.807, 2.05) is 18.2 Å². The van der Waals surface area contributed by atoms with Crippen LogP contribution in [0, 0.1) is 5.41 Å². The van der Waals surface area contributed by atoms with Gasteiger partial charge in [0.15, 0.2) is 0 Å². The molecule has 0 heterocycles. The third-order valence-corrected chi connectivity index (χ3v) is 4.40. The highest BCUT2D eigenvalue weighted by molar-refractivity contribution is 6.30. The van der Waals surface area contributed by atoms with Crippen LogP contribution in [0.4, 0.5) is 0 Å². The molecule has 1 aromatic rings. The predicted molar refractivity (Wildman–Crippen MR) is 80.9 cm³/mol. The van der Waals surface area contributed by atoms with E-state index in [1.54, 1.807) is 7.11 Å². The fourth-order valence-corrected chi connectivity index (χ4v) is 2.94. The Morgan fingerprint density at radius 3 is 2.63 bits per heavy atom. The Kier molecular flexibility index (Phi) is 4.75. The summed E-state index contributed by atoms with van der Waals surface area (Å²) in [6.07, 6.45) is 5.13. The molecule has 0 radical (unpaired) electrons. The zero-order chi connectivity index (χ0) is 13.9.